The van der Waals surface area contributed by atoms with Gasteiger partial charge in [0.2, 0.25) is 0 Å². The minimum atomic E-state index is -0.814. The quantitative estimate of drug-likeness (QED) is 0.0263. The molecule has 0 bridgehead atoms. The van der Waals surface area contributed by atoms with Gasteiger partial charge in [-0.1, -0.05) is 188 Å². The number of hydrogen-bond donors (Lipinski definition) is 0. The van der Waals surface area contributed by atoms with Crippen LogP contribution in [-0.2, 0) is 28.6 Å². The molecule has 0 N–H and O–H groups in total. The first kappa shape index (κ1) is 59.1. The van der Waals surface area contributed by atoms with Crippen LogP contribution in [0.4, 0.5) is 0 Å². The van der Waals surface area contributed by atoms with Crippen LogP contribution < -0.4 is 0 Å². The third kappa shape index (κ3) is 49.0. The topological polar surface area (TPSA) is 78.9 Å². The number of carbonyl (C=O) groups excluding carboxylic acids is 3. The summed E-state index contributed by atoms with van der Waals surface area (Å²) in [6.07, 6.45) is 67.9. The molecular formula is C57H92O6. The maximum atomic E-state index is 12.8. The van der Waals surface area contributed by atoms with E-state index < -0.39 is 6.10 Å². The minimum Gasteiger partial charge on any atom is -0.462 e. The Hall–Kier alpha value is -3.93. The van der Waals surface area contributed by atoms with E-state index >= 15 is 0 Å². The molecule has 0 aliphatic heterocycles. The summed E-state index contributed by atoms with van der Waals surface area (Å²) in [5, 5.41) is 0. The third-order valence-electron chi connectivity index (χ3n) is 10.2. The molecule has 0 aromatic heterocycles. The number of esters is 3. The van der Waals surface area contributed by atoms with E-state index in [1.54, 1.807) is 0 Å². The fourth-order valence-electron chi connectivity index (χ4n) is 6.48. The predicted molar refractivity (Wildman–Crippen MR) is 270 cm³/mol. The Kier molecular flexibility index (Phi) is 47.5. The molecule has 0 amide bonds. The Morgan fingerprint density at radius 3 is 1.05 bits per heavy atom. The van der Waals surface area contributed by atoms with Crippen molar-refractivity contribution >= 4 is 17.9 Å². The number of carbonyl (C=O) groups is 3. The predicted octanol–water partition coefficient (Wildman–Crippen LogP) is 16.8. The lowest BCUT2D eigenvalue weighted by atomic mass is 10.1. The highest BCUT2D eigenvalue weighted by Crippen LogP contribution is 2.12. The number of rotatable bonds is 44. The van der Waals surface area contributed by atoms with Gasteiger partial charge in [0.1, 0.15) is 13.2 Å². The van der Waals surface area contributed by atoms with Gasteiger partial charge >= 0.3 is 17.9 Å². The van der Waals surface area contributed by atoms with Crippen LogP contribution in [0.25, 0.3) is 0 Å². The zero-order valence-corrected chi connectivity index (χ0v) is 40.5. The highest BCUT2D eigenvalue weighted by molar-refractivity contribution is 5.71. The zero-order valence-electron chi connectivity index (χ0n) is 40.5. The van der Waals surface area contributed by atoms with Crippen LogP contribution in [0.5, 0.6) is 0 Å². The molecular weight excluding hydrogens is 781 g/mol. The normalized spacial score (nSPS) is 13.0. The van der Waals surface area contributed by atoms with Gasteiger partial charge in [0, 0.05) is 19.3 Å². The second kappa shape index (κ2) is 50.7. The molecule has 0 aromatic rings. The van der Waals surface area contributed by atoms with Gasteiger partial charge in [-0.2, -0.15) is 0 Å². The van der Waals surface area contributed by atoms with Crippen LogP contribution in [0.15, 0.2) is 109 Å². The van der Waals surface area contributed by atoms with Crippen LogP contribution in [0.3, 0.4) is 0 Å². The lowest BCUT2D eigenvalue weighted by Crippen LogP contribution is -2.30. The molecule has 356 valence electrons. The van der Waals surface area contributed by atoms with Crippen LogP contribution in [0.1, 0.15) is 213 Å². The maximum absolute atomic E-state index is 12.8. The molecule has 0 radical (unpaired) electrons. The standard InChI is InChI=1S/C57H92O6/c1-4-7-10-13-16-19-22-25-27-28-30-32-35-38-41-44-47-50-56(59)62-53-54(52-61-55(58)49-46-43-40-37-34-31-24-21-18-15-12-9-6-3)63-57(60)51-48-45-42-39-36-33-29-26-23-20-17-14-11-8-5-2/h7-8,10-11,16-17,19-21,24-27,29-30,32,38,41,54H,4-6,9,12-15,18,22-23,28,31,33-37,39-40,42-53H2,1-3H3/b10-7-,11-8-,19-16-,20-17-,24-21-,27-25-,29-26-,32-30-,41-38-/t54-/m1/s1. The Bertz CT molecular complexity index is 1330. The first-order valence-electron chi connectivity index (χ1n) is 25.4. The molecule has 63 heavy (non-hydrogen) atoms. The molecule has 0 saturated carbocycles. The molecule has 0 fully saturated rings. The summed E-state index contributed by atoms with van der Waals surface area (Å²) < 4.78 is 16.7. The molecule has 0 unspecified atom stereocenters. The van der Waals surface area contributed by atoms with Gasteiger partial charge in [0.25, 0.3) is 0 Å². The highest BCUT2D eigenvalue weighted by atomic mass is 16.6. The Labute approximate surface area is 387 Å². The van der Waals surface area contributed by atoms with Crippen molar-refractivity contribution in [3.8, 4) is 0 Å². The zero-order chi connectivity index (χ0) is 45.8. The summed E-state index contributed by atoms with van der Waals surface area (Å²) in [6.45, 7) is 6.31. The molecule has 0 heterocycles. The third-order valence-corrected chi connectivity index (χ3v) is 10.2. The van der Waals surface area contributed by atoms with Crippen molar-refractivity contribution in [2.24, 2.45) is 0 Å². The minimum absolute atomic E-state index is 0.109. The number of unbranched alkanes of at least 4 members (excludes halogenated alkanes) is 15. The van der Waals surface area contributed by atoms with Gasteiger partial charge in [-0.05, 0) is 116 Å². The second-order valence-corrected chi connectivity index (χ2v) is 16.3. The largest absolute Gasteiger partial charge is 0.462 e. The average Bonchev–Trinajstić information content (AvgIpc) is 3.28. The average molecular weight is 873 g/mol. The van der Waals surface area contributed by atoms with Gasteiger partial charge < -0.3 is 14.2 Å². The van der Waals surface area contributed by atoms with Crippen molar-refractivity contribution in [1.29, 1.82) is 0 Å². The van der Waals surface area contributed by atoms with Crippen LogP contribution in [0.2, 0.25) is 0 Å². The van der Waals surface area contributed by atoms with Gasteiger partial charge in [0.05, 0.1) is 0 Å². The lowest BCUT2D eigenvalue weighted by molar-refractivity contribution is -0.167. The highest BCUT2D eigenvalue weighted by Gasteiger charge is 2.19. The van der Waals surface area contributed by atoms with Gasteiger partial charge in [-0.15, -0.1) is 0 Å². The van der Waals surface area contributed by atoms with Crippen LogP contribution >= 0.6 is 0 Å². The summed E-state index contributed by atoms with van der Waals surface area (Å²) in [5.74, 6) is -1.00. The monoisotopic (exact) mass is 873 g/mol. The Balaban J connectivity index is 4.54. The Morgan fingerprint density at radius 2 is 0.635 bits per heavy atom. The lowest BCUT2D eigenvalue weighted by Gasteiger charge is -2.18. The summed E-state index contributed by atoms with van der Waals surface area (Å²) >= 11 is 0. The summed E-state index contributed by atoms with van der Waals surface area (Å²) in [6, 6.07) is 0. The molecule has 0 aliphatic rings. The van der Waals surface area contributed by atoms with Gasteiger partial charge in [-0.25, -0.2) is 0 Å². The van der Waals surface area contributed by atoms with Crippen LogP contribution in [0, 0.1) is 0 Å². The summed E-state index contributed by atoms with van der Waals surface area (Å²) in [5.41, 5.74) is 0. The fraction of sp³-hybridized carbons (Fsp3) is 0.632. The molecule has 0 saturated heterocycles. The fourth-order valence-corrected chi connectivity index (χ4v) is 6.48. The van der Waals surface area contributed by atoms with Crippen molar-refractivity contribution < 1.29 is 28.6 Å². The van der Waals surface area contributed by atoms with Gasteiger partial charge in [-0.3, -0.25) is 14.4 Å². The van der Waals surface area contributed by atoms with Crippen molar-refractivity contribution in [3.63, 3.8) is 0 Å². The van der Waals surface area contributed by atoms with E-state index in [1.807, 2.05) is 0 Å². The molecule has 0 spiro atoms. The first-order chi connectivity index (χ1) is 31.0. The van der Waals surface area contributed by atoms with E-state index in [9.17, 15) is 14.4 Å². The smallest absolute Gasteiger partial charge is 0.306 e. The number of allylic oxidation sites excluding steroid dienone is 18. The van der Waals surface area contributed by atoms with Crippen molar-refractivity contribution in [3.05, 3.63) is 109 Å². The SMILES string of the molecule is CC/C=C\C/C=C\C/C=C\C/C=C\C/C=C\CCCC(=O)OC[C@@H](COC(=O)CCCCCCC/C=C\CCCCCC)OC(=O)CCCCCCC/C=C\C/C=C\C/C=C\CC. The molecule has 0 aliphatic carbocycles. The van der Waals surface area contributed by atoms with Crippen LogP contribution in [-0.4, -0.2) is 37.2 Å². The number of hydrogen-bond acceptors (Lipinski definition) is 6. The van der Waals surface area contributed by atoms with E-state index in [2.05, 4.69) is 130 Å². The maximum Gasteiger partial charge on any atom is 0.306 e. The first-order valence-corrected chi connectivity index (χ1v) is 25.4. The van der Waals surface area contributed by atoms with E-state index in [-0.39, 0.29) is 37.5 Å². The molecule has 0 rings (SSSR count). The Morgan fingerprint density at radius 1 is 0.333 bits per heavy atom. The second-order valence-electron chi connectivity index (χ2n) is 16.3. The van der Waals surface area contributed by atoms with E-state index in [0.717, 1.165) is 128 Å². The summed E-state index contributed by atoms with van der Waals surface area (Å²) in [4.78, 5) is 37.9. The molecule has 0 aromatic carbocycles. The van der Waals surface area contributed by atoms with Crippen molar-refractivity contribution in [1.82, 2.24) is 0 Å². The van der Waals surface area contributed by atoms with Crippen molar-refractivity contribution in [2.75, 3.05) is 13.2 Å². The van der Waals surface area contributed by atoms with E-state index in [0.29, 0.717) is 19.3 Å². The molecule has 6 heteroatoms. The van der Waals surface area contributed by atoms with Gasteiger partial charge in [0.15, 0.2) is 6.10 Å². The number of ether oxygens (including phenoxy) is 3. The molecule has 6 nitrogen and oxygen atoms in total. The molecule has 1 atom stereocenters. The van der Waals surface area contributed by atoms with E-state index in [4.69, 9.17) is 14.2 Å². The summed E-state index contributed by atoms with van der Waals surface area (Å²) in [7, 11) is 0. The van der Waals surface area contributed by atoms with E-state index in [1.165, 1.54) is 38.5 Å². The van der Waals surface area contributed by atoms with Crippen molar-refractivity contribution in [2.45, 2.75) is 219 Å².